The number of carbonyl (C=O) groups excluding carboxylic acids is 8. The fourth-order valence-corrected chi connectivity index (χ4v) is 11.9. The lowest BCUT2D eigenvalue weighted by molar-refractivity contribution is -0.141. The van der Waals surface area contributed by atoms with Crippen molar-refractivity contribution in [2.24, 2.45) is 57.5 Å². The second-order valence-electron chi connectivity index (χ2n) is 18.9. The van der Waals surface area contributed by atoms with E-state index in [0.29, 0.717) is 38.6 Å². The van der Waals surface area contributed by atoms with Crippen LogP contribution in [0.4, 0.5) is 0 Å². The SMILES string of the molecule is NCCCC[C@@H]1NC(=O)[C@H](CC(=O)O)NC(=O)CNC(=O)[C@H](CCCN=C(N)N)NC(=O)[C@@H](C2CCCCCC(CN)C2)CSS[C@@H](C(=O)O)CNC(=O)[C@H](CCC(=O)O)NC(=O)[C@@H]2CCCC2C(=O)CNC1=O. The molecule has 1 saturated heterocycles. The molecular weight excluding hydrogens is 1010 g/mol. The van der Waals surface area contributed by atoms with Gasteiger partial charge in [0.05, 0.1) is 25.4 Å². The first kappa shape index (κ1) is 62.6. The summed E-state index contributed by atoms with van der Waals surface area (Å²) in [5.74, 6) is -13.6. The van der Waals surface area contributed by atoms with Crippen molar-refractivity contribution in [3.05, 3.63) is 0 Å². The number of carboxylic acids is 3. The highest BCUT2D eigenvalue weighted by atomic mass is 33.1. The largest absolute Gasteiger partial charge is 0.481 e. The van der Waals surface area contributed by atoms with E-state index in [1.165, 1.54) is 0 Å². The van der Waals surface area contributed by atoms with Crippen molar-refractivity contribution in [1.82, 2.24) is 37.2 Å². The summed E-state index contributed by atoms with van der Waals surface area (Å²) < 4.78 is 0. The molecule has 2 aliphatic carbocycles. The Morgan fingerprint density at radius 1 is 0.608 bits per heavy atom. The van der Waals surface area contributed by atoms with E-state index in [4.69, 9.17) is 22.9 Å². The predicted octanol–water partition coefficient (Wildman–Crippen LogP) is -2.21. The highest BCUT2D eigenvalue weighted by Crippen LogP contribution is 2.37. The van der Waals surface area contributed by atoms with E-state index in [-0.39, 0.29) is 75.2 Å². The molecule has 1 aliphatic heterocycles. The zero-order valence-corrected chi connectivity index (χ0v) is 43.3. The number of nitrogens with two attached hydrogens (primary N) is 4. The van der Waals surface area contributed by atoms with Crippen LogP contribution in [0, 0.1) is 29.6 Å². The number of guanidine groups is 1. The molecule has 74 heavy (non-hydrogen) atoms. The van der Waals surface area contributed by atoms with Gasteiger partial charge in [0, 0.05) is 37.1 Å². The summed E-state index contributed by atoms with van der Waals surface area (Å²) in [4.78, 5) is 150. The molecule has 0 aromatic carbocycles. The van der Waals surface area contributed by atoms with Crippen molar-refractivity contribution in [3.63, 3.8) is 0 Å². The maximum absolute atomic E-state index is 14.5. The van der Waals surface area contributed by atoms with E-state index in [1.54, 1.807) is 0 Å². The van der Waals surface area contributed by atoms with Crippen molar-refractivity contribution in [2.75, 3.05) is 45.0 Å². The normalized spacial score (nSPS) is 28.2. The molecule has 3 unspecified atom stereocenters. The van der Waals surface area contributed by atoms with Crippen LogP contribution in [0.1, 0.15) is 109 Å². The second kappa shape index (κ2) is 33.2. The van der Waals surface area contributed by atoms with Gasteiger partial charge in [0.1, 0.15) is 29.4 Å². The molecule has 0 bridgehead atoms. The molecule has 0 spiro atoms. The maximum Gasteiger partial charge on any atom is 0.319 e. The quantitative estimate of drug-likeness (QED) is 0.0337. The highest BCUT2D eigenvalue weighted by Gasteiger charge is 2.40. The lowest BCUT2D eigenvalue weighted by Gasteiger charge is -2.32. The standard InChI is InChI=1S/C46H76N12O14S2/c47-16-5-4-12-30-41(67)52-21-34(59)27-10-6-11-28(27)39(65)57-32(14-15-37(61)62)43(69)53-22-35(45(71)72)74-73-24-29(26-9-3-1-2-8-25(18-26)20-48)40(66)56-31(13-7-17-51-46(49)50)42(68)54-23-36(60)55-33(19-38(63)64)44(70)58-30/h25-33,35H,1-24,47-48H2,(H,52,67)(H,53,69)(H,54,68)(H,55,60)(H,56,66)(H,57,65)(H,58,70)(H,61,62)(H,63,64)(H,71,72)(H4,49,50,51)/t25?,26?,27?,28-,29-,30+,31+,32+,33+,35-/m1/s1. The van der Waals surface area contributed by atoms with Crippen LogP contribution in [0.2, 0.25) is 0 Å². The number of hydrogen-bond donors (Lipinski definition) is 14. The Morgan fingerprint density at radius 2 is 1.22 bits per heavy atom. The average molecular weight is 1090 g/mol. The van der Waals surface area contributed by atoms with Crippen LogP contribution < -0.4 is 60.2 Å². The van der Waals surface area contributed by atoms with Crippen LogP contribution in [0.3, 0.4) is 0 Å². The minimum Gasteiger partial charge on any atom is -0.481 e. The molecule has 0 aromatic rings. The Bertz CT molecular complexity index is 2000. The number of carbonyl (C=O) groups is 11. The molecule has 3 aliphatic rings. The van der Waals surface area contributed by atoms with E-state index in [9.17, 15) is 68.1 Å². The van der Waals surface area contributed by atoms with Crippen molar-refractivity contribution in [2.45, 2.75) is 139 Å². The van der Waals surface area contributed by atoms with Gasteiger partial charge in [0.25, 0.3) is 0 Å². The molecule has 18 N–H and O–H groups in total. The molecule has 0 radical (unpaired) electrons. The number of amides is 7. The third-order valence-corrected chi connectivity index (χ3v) is 16.1. The number of hydrogen-bond acceptors (Lipinski definition) is 16. The van der Waals surface area contributed by atoms with E-state index in [2.05, 4.69) is 42.2 Å². The van der Waals surface area contributed by atoms with Crippen LogP contribution in [0.25, 0.3) is 0 Å². The molecular formula is C46H76N12O14S2. The van der Waals surface area contributed by atoms with Crippen LogP contribution in [0.5, 0.6) is 0 Å². The Labute approximate surface area is 437 Å². The Morgan fingerprint density at radius 3 is 1.85 bits per heavy atom. The van der Waals surface area contributed by atoms with E-state index in [1.807, 2.05) is 0 Å². The third kappa shape index (κ3) is 22.4. The van der Waals surface area contributed by atoms with Crippen molar-refractivity contribution in [1.29, 1.82) is 0 Å². The molecule has 3 rings (SSSR count). The first-order valence-corrected chi connectivity index (χ1v) is 27.6. The first-order valence-electron chi connectivity index (χ1n) is 25.2. The first-order chi connectivity index (χ1) is 35.2. The van der Waals surface area contributed by atoms with Gasteiger partial charge in [-0.05, 0) is 95.6 Å². The maximum atomic E-state index is 14.5. The van der Waals surface area contributed by atoms with Gasteiger partial charge < -0.3 is 75.5 Å². The number of aliphatic imine (C=N–C) groups is 1. The topological polar surface area (TPSA) is 449 Å². The summed E-state index contributed by atoms with van der Waals surface area (Å²) in [6.45, 7) is -1.19. The summed E-state index contributed by atoms with van der Waals surface area (Å²) in [6.07, 6.45) is 4.47. The Balaban J connectivity index is 2.05. The lowest BCUT2D eigenvalue weighted by atomic mass is 9.77. The number of ketones is 1. The van der Waals surface area contributed by atoms with E-state index in [0.717, 1.165) is 47.3 Å². The highest BCUT2D eigenvalue weighted by molar-refractivity contribution is 8.77. The van der Waals surface area contributed by atoms with Gasteiger partial charge in [-0.1, -0.05) is 47.3 Å². The van der Waals surface area contributed by atoms with E-state index >= 15 is 0 Å². The molecule has 3 fully saturated rings. The number of unbranched alkanes of at least 4 members (excludes halogenated alkanes) is 1. The molecule has 10 atom stereocenters. The molecule has 26 nitrogen and oxygen atoms in total. The van der Waals surface area contributed by atoms with Gasteiger partial charge >= 0.3 is 17.9 Å². The summed E-state index contributed by atoms with van der Waals surface area (Å²) in [7, 11) is 1.92. The van der Waals surface area contributed by atoms with Crippen LogP contribution in [0.15, 0.2) is 4.99 Å². The molecule has 28 heteroatoms. The zero-order chi connectivity index (χ0) is 54.7. The molecule has 416 valence electrons. The zero-order valence-electron chi connectivity index (χ0n) is 41.6. The van der Waals surface area contributed by atoms with Crippen molar-refractivity contribution in [3.8, 4) is 0 Å². The van der Waals surface area contributed by atoms with Gasteiger partial charge in [0.2, 0.25) is 41.4 Å². The van der Waals surface area contributed by atoms with Crippen LogP contribution >= 0.6 is 21.6 Å². The fourth-order valence-electron chi connectivity index (χ4n) is 9.27. The van der Waals surface area contributed by atoms with Gasteiger partial charge in [0.15, 0.2) is 11.7 Å². The summed E-state index contributed by atoms with van der Waals surface area (Å²) in [6, 6.07) is -5.84. The number of Topliss-reactive ketones (excluding diaryl/α,β-unsaturated/α-hetero) is 1. The minimum absolute atomic E-state index is 0.0168. The minimum atomic E-state index is -1.76. The predicted molar refractivity (Wildman–Crippen MR) is 273 cm³/mol. The van der Waals surface area contributed by atoms with Gasteiger partial charge in [-0.25, -0.2) is 0 Å². The monoisotopic (exact) mass is 1080 g/mol. The van der Waals surface area contributed by atoms with Crippen molar-refractivity contribution >= 4 is 92.6 Å². The molecule has 0 aromatic heterocycles. The fraction of sp³-hybridized carbons (Fsp3) is 0.739. The number of carboxylic acid groups (broad SMARTS) is 3. The number of nitrogens with one attached hydrogen (secondary N) is 7. The third-order valence-electron chi connectivity index (χ3n) is 13.3. The average Bonchev–Trinajstić information content (AvgIpc) is 3.84. The summed E-state index contributed by atoms with van der Waals surface area (Å²) in [5.41, 5.74) is 22.8. The number of rotatable bonds is 16. The lowest BCUT2D eigenvalue weighted by Crippen LogP contribution is -2.56. The van der Waals surface area contributed by atoms with Crippen LogP contribution in [-0.2, 0) is 52.7 Å². The van der Waals surface area contributed by atoms with Gasteiger partial charge in [-0.3, -0.25) is 57.7 Å². The summed E-state index contributed by atoms with van der Waals surface area (Å²) in [5, 5.41) is 45.7. The Hall–Kier alpha value is -5.74. The van der Waals surface area contributed by atoms with Gasteiger partial charge in [-0.2, -0.15) is 0 Å². The summed E-state index contributed by atoms with van der Waals surface area (Å²) >= 11 is 0. The second-order valence-corrected chi connectivity index (χ2v) is 21.5. The molecule has 2 saturated carbocycles. The number of nitrogens with zero attached hydrogens (tertiary/aromatic N) is 1. The smallest absolute Gasteiger partial charge is 0.319 e. The molecule has 7 amide bonds. The number of aliphatic carboxylic acids is 3. The van der Waals surface area contributed by atoms with Gasteiger partial charge in [-0.15, -0.1) is 0 Å². The molecule has 1 heterocycles. The van der Waals surface area contributed by atoms with E-state index < -0.39 is 145 Å². The van der Waals surface area contributed by atoms with Crippen LogP contribution in [-0.4, -0.2) is 161 Å². The van der Waals surface area contributed by atoms with Crippen molar-refractivity contribution < 1.29 is 68.1 Å². The number of fused-ring (bicyclic) bond motifs is 1. The Kier molecular flexibility index (Phi) is 28.1.